The molecule has 1 atom stereocenters. The van der Waals surface area contributed by atoms with Gasteiger partial charge in [0.25, 0.3) is 0 Å². The Kier molecular flexibility index (Phi) is 3.76. The molecular weight excluding hydrogens is 228 g/mol. The molecule has 0 amide bonds. The lowest BCUT2D eigenvalue weighted by atomic mass is 10.00. The van der Waals surface area contributed by atoms with Gasteiger partial charge in [0.1, 0.15) is 5.54 Å². The lowest BCUT2D eigenvalue weighted by molar-refractivity contribution is 0.532. The highest BCUT2D eigenvalue weighted by molar-refractivity contribution is 7.98. The third-order valence-corrected chi connectivity index (χ3v) is 4.43. The Hall–Kier alpha value is -0.980. The summed E-state index contributed by atoms with van der Waals surface area (Å²) < 4.78 is 0. The first-order chi connectivity index (χ1) is 8.14. The molecule has 0 spiro atoms. The summed E-state index contributed by atoms with van der Waals surface area (Å²) in [6.45, 7) is 2.10. The van der Waals surface area contributed by atoms with Gasteiger partial charge >= 0.3 is 0 Å². The van der Waals surface area contributed by atoms with Crippen LogP contribution in [0.4, 0.5) is 0 Å². The van der Waals surface area contributed by atoms with Gasteiger partial charge in [-0.15, -0.1) is 0 Å². The molecule has 1 saturated carbocycles. The number of hydrogen-bond acceptors (Lipinski definition) is 3. The first-order valence-corrected chi connectivity index (χ1v) is 7.13. The smallest absolute Gasteiger partial charge is 0.116 e. The van der Waals surface area contributed by atoms with Crippen molar-refractivity contribution in [2.75, 3.05) is 5.75 Å². The Bertz CT molecular complexity index is 434. The third kappa shape index (κ3) is 3.24. The van der Waals surface area contributed by atoms with E-state index in [1.807, 2.05) is 0 Å². The van der Waals surface area contributed by atoms with Gasteiger partial charge < -0.3 is 5.73 Å². The van der Waals surface area contributed by atoms with E-state index in [4.69, 9.17) is 11.0 Å². The Labute approximate surface area is 107 Å². The van der Waals surface area contributed by atoms with Crippen LogP contribution >= 0.6 is 11.8 Å². The molecule has 0 aliphatic heterocycles. The molecule has 1 fully saturated rings. The molecule has 2 rings (SSSR count). The van der Waals surface area contributed by atoms with Crippen molar-refractivity contribution >= 4 is 11.8 Å². The highest BCUT2D eigenvalue weighted by Crippen LogP contribution is 2.39. The first kappa shape index (κ1) is 12.5. The number of benzene rings is 1. The summed E-state index contributed by atoms with van der Waals surface area (Å²) in [5.41, 5.74) is 8.11. The molecule has 1 aliphatic rings. The number of rotatable bonds is 5. The molecule has 2 N–H and O–H groups in total. The van der Waals surface area contributed by atoms with Crippen LogP contribution in [0.3, 0.4) is 0 Å². The molecular formula is C14H18N2S. The fourth-order valence-corrected chi connectivity index (χ4v) is 3.13. The van der Waals surface area contributed by atoms with Crippen LogP contribution in [0.15, 0.2) is 24.3 Å². The van der Waals surface area contributed by atoms with Crippen molar-refractivity contribution in [2.45, 2.75) is 31.1 Å². The van der Waals surface area contributed by atoms with Crippen LogP contribution in [-0.4, -0.2) is 11.3 Å². The predicted octanol–water partition coefficient (Wildman–Crippen LogP) is 2.86. The number of thioether (sulfide) groups is 1. The molecule has 90 valence electrons. The standard InChI is InChI=1S/C14H18N2S/c1-11-3-2-4-12(7-11)8-17-10-14(16,9-15)13-5-6-13/h2-4,7,13H,5-6,8,10,16H2,1H3. The zero-order valence-electron chi connectivity index (χ0n) is 10.1. The number of nitrogens with two attached hydrogens (primary N) is 1. The van der Waals surface area contributed by atoms with E-state index in [9.17, 15) is 0 Å². The topological polar surface area (TPSA) is 49.8 Å². The van der Waals surface area contributed by atoms with Crippen molar-refractivity contribution in [3.63, 3.8) is 0 Å². The fourth-order valence-electron chi connectivity index (χ4n) is 1.98. The van der Waals surface area contributed by atoms with Gasteiger partial charge in [-0.3, -0.25) is 0 Å². The van der Waals surface area contributed by atoms with Gasteiger partial charge in [-0.1, -0.05) is 29.8 Å². The number of aryl methyl sites for hydroxylation is 1. The van der Waals surface area contributed by atoms with Crippen LogP contribution in [0, 0.1) is 24.2 Å². The quantitative estimate of drug-likeness (QED) is 0.869. The van der Waals surface area contributed by atoms with Crippen LogP contribution in [0.1, 0.15) is 24.0 Å². The van der Waals surface area contributed by atoms with E-state index < -0.39 is 5.54 Å². The second kappa shape index (κ2) is 5.12. The summed E-state index contributed by atoms with van der Waals surface area (Å²) in [6.07, 6.45) is 2.24. The minimum Gasteiger partial charge on any atom is -0.312 e. The highest BCUT2D eigenvalue weighted by atomic mass is 32.2. The lowest BCUT2D eigenvalue weighted by Gasteiger charge is -2.20. The van der Waals surface area contributed by atoms with Gasteiger partial charge in [0.2, 0.25) is 0 Å². The van der Waals surface area contributed by atoms with Crippen LogP contribution in [-0.2, 0) is 5.75 Å². The molecule has 1 aliphatic carbocycles. The second-order valence-corrected chi connectivity index (χ2v) is 5.89. The average molecular weight is 246 g/mol. The number of nitriles is 1. The van der Waals surface area contributed by atoms with Gasteiger partial charge in [0.05, 0.1) is 6.07 Å². The predicted molar refractivity (Wildman–Crippen MR) is 72.6 cm³/mol. The minimum absolute atomic E-state index is 0.428. The summed E-state index contributed by atoms with van der Waals surface area (Å²) in [5, 5.41) is 9.15. The maximum Gasteiger partial charge on any atom is 0.116 e. The third-order valence-electron chi connectivity index (χ3n) is 3.21. The Morgan fingerprint density at radius 3 is 2.88 bits per heavy atom. The normalized spacial score (nSPS) is 18.4. The molecule has 17 heavy (non-hydrogen) atoms. The van der Waals surface area contributed by atoms with Gasteiger partial charge in [-0.05, 0) is 31.2 Å². The maximum absolute atomic E-state index is 9.15. The Morgan fingerprint density at radius 1 is 1.53 bits per heavy atom. The summed E-state index contributed by atoms with van der Waals surface area (Å²) in [5.74, 6) is 2.11. The zero-order valence-corrected chi connectivity index (χ0v) is 11.0. The second-order valence-electron chi connectivity index (χ2n) is 4.91. The number of nitrogens with zero attached hydrogens (tertiary/aromatic N) is 1. The molecule has 0 heterocycles. The van der Waals surface area contributed by atoms with Crippen molar-refractivity contribution in [3.8, 4) is 6.07 Å². The van der Waals surface area contributed by atoms with Gasteiger partial charge in [-0.2, -0.15) is 17.0 Å². The van der Waals surface area contributed by atoms with Crippen molar-refractivity contribution < 1.29 is 0 Å². The van der Waals surface area contributed by atoms with E-state index >= 15 is 0 Å². The van der Waals surface area contributed by atoms with Gasteiger partial charge in [-0.25, -0.2) is 0 Å². The number of hydrogen-bond donors (Lipinski definition) is 1. The van der Waals surface area contributed by atoms with Gasteiger partial charge in [0.15, 0.2) is 0 Å². The molecule has 2 nitrogen and oxygen atoms in total. The summed E-state index contributed by atoms with van der Waals surface area (Å²) in [4.78, 5) is 0. The van der Waals surface area contributed by atoms with Crippen LogP contribution in [0.5, 0.6) is 0 Å². The first-order valence-electron chi connectivity index (χ1n) is 5.97. The van der Waals surface area contributed by atoms with Crippen LogP contribution in [0.2, 0.25) is 0 Å². The monoisotopic (exact) mass is 246 g/mol. The molecule has 1 unspecified atom stereocenters. The SMILES string of the molecule is Cc1cccc(CSCC(N)(C#N)C2CC2)c1. The summed E-state index contributed by atoms with van der Waals surface area (Å²) in [7, 11) is 0. The Balaban J connectivity index is 1.85. The van der Waals surface area contributed by atoms with Crippen LogP contribution < -0.4 is 5.73 Å². The maximum atomic E-state index is 9.15. The average Bonchev–Trinajstić information content (AvgIpc) is 3.13. The molecule has 1 aromatic carbocycles. The lowest BCUT2D eigenvalue weighted by Crippen LogP contribution is -2.43. The van der Waals surface area contributed by atoms with E-state index in [0.29, 0.717) is 5.92 Å². The van der Waals surface area contributed by atoms with E-state index in [1.54, 1.807) is 11.8 Å². The van der Waals surface area contributed by atoms with E-state index in [0.717, 1.165) is 24.3 Å². The van der Waals surface area contributed by atoms with E-state index in [1.165, 1.54) is 11.1 Å². The van der Waals surface area contributed by atoms with Crippen LogP contribution in [0.25, 0.3) is 0 Å². The molecule has 0 bridgehead atoms. The van der Waals surface area contributed by atoms with Gasteiger partial charge in [0, 0.05) is 11.5 Å². The molecule has 0 aromatic heterocycles. The van der Waals surface area contributed by atoms with Crippen molar-refractivity contribution in [1.82, 2.24) is 0 Å². The molecule has 3 heteroatoms. The summed E-state index contributed by atoms with van der Waals surface area (Å²) >= 11 is 1.77. The van der Waals surface area contributed by atoms with Crippen molar-refractivity contribution in [3.05, 3.63) is 35.4 Å². The minimum atomic E-state index is -0.603. The fraction of sp³-hybridized carbons (Fsp3) is 0.500. The van der Waals surface area contributed by atoms with Crippen molar-refractivity contribution in [2.24, 2.45) is 11.7 Å². The van der Waals surface area contributed by atoms with Crippen molar-refractivity contribution in [1.29, 1.82) is 5.26 Å². The summed E-state index contributed by atoms with van der Waals surface area (Å²) in [6, 6.07) is 10.8. The highest BCUT2D eigenvalue weighted by Gasteiger charge is 2.42. The Morgan fingerprint density at radius 2 is 2.29 bits per heavy atom. The molecule has 1 aromatic rings. The van der Waals surface area contributed by atoms with E-state index in [2.05, 4.69) is 37.3 Å². The molecule has 0 radical (unpaired) electrons. The van der Waals surface area contributed by atoms with E-state index in [-0.39, 0.29) is 0 Å². The molecule has 0 saturated heterocycles. The largest absolute Gasteiger partial charge is 0.312 e. The zero-order chi connectivity index (χ0) is 12.3.